The third-order valence-corrected chi connectivity index (χ3v) is 4.65. The molecule has 0 unspecified atom stereocenters. The third-order valence-electron chi connectivity index (χ3n) is 2.99. The summed E-state index contributed by atoms with van der Waals surface area (Å²) in [6.07, 6.45) is 1.84. The molecule has 6 nitrogen and oxygen atoms in total. The Morgan fingerprint density at radius 2 is 2.14 bits per heavy atom. The summed E-state index contributed by atoms with van der Waals surface area (Å²) < 4.78 is 29.7. The van der Waals surface area contributed by atoms with Crippen molar-refractivity contribution in [3.63, 3.8) is 0 Å². The second-order valence-electron chi connectivity index (χ2n) is 4.81. The zero-order chi connectivity index (χ0) is 16.2. The monoisotopic (exact) mass is 342 g/mol. The van der Waals surface area contributed by atoms with Crippen LogP contribution in [0.1, 0.15) is 40.6 Å². The van der Waals surface area contributed by atoms with E-state index in [1.54, 1.807) is 17.4 Å². The van der Waals surface area contributed by atoms with Crippen LogP contribution in [0, 0.1) is 0 Å². The van der Waals surface area contributed by atoms with Gasteiger partial charge in [-0.3, -0.25) is 4.79 Å². The van der Waals surface area contributed by atoms with Crippen LogP contribution in [-0.2, 0) is 16.6 Å². The van der Waals surface area contributed by atoms with Gasteiger partial charge in [0, 0.05) is 4.88 Å². The molecule has 0 saturated heterocycles. The maximum atomic E-state index is 12.2. The maximum Gasteiger partial charge on any atom is 0.287 e. The predicted molar refractivity (Wildman–Crippen MR) is 85.2 cm³/mol. The normalized spacial score (nSPS) is 13.0. The molecule has 0 aliphatic carbocycles. The topological polar surface area (TPSA) is 88.4 Å². The third kappa shape index (κ3) is 4.69. The number of rotatable bonds is 7. The van der Waals surface area contributed by atoms with Gasteiger partial charge in [-0.2, -0.15) is 0 Å². The molecule has 0 radical (unpaired) electrons. The van der Waals surface area contributed by atoms with Crippen LogP contribution in [0.5, 0.6) is 0 Å². The van der Waals surface area contributed by atoms with Gasteiger partial charge in [0.15, 0.2) is 5.76 Å². The molecular formula is C14H18N2O4S2. The van der Waals surface area contributed by atoms with E-state index in [0.29, 0.717) is 5.76 Å². The smallest absolute Gasteiger partial charge is 0.287 e. The van der Waals surface area contributed by atoms with E-state index in [0.717, 1.165) is 17.6 Å². The lowest BCUT2D eigenvalue weighted by molar-refractivity contribution is 0.0906. The van der Waals surface area contributed by atoms with Crippen LogP contribution >= 0.6 is 11.3 Å². The van der Waals surface area contributed by atoms with E-state index in [4.69, 9.17) is 4.42 Å². The van der Waals surface area contributed by atoms with E-state index >= 15 is 0 Å². The number of hydrogen-bond donors (Lipinski definition) is 2. The average molecular weight is 342 g/mol. The molecule has 0 fully saturated rings. The molecule has 1 atom stereocenters. The van der Waals surface area contributed by atoms with Gasteiger partial charge in [-0.15, -0.1) is 11.3 Å². The predicted octanol–water partition coefficient (Wildman–Crippen LogP) is 2.27. The zero-order valence-electron chi connectivity index (χ0n) is 12.3. The van der Waals surface area contributed by atoms with E-state index < -0.39 is 10.0 Å². The number of amides is 1. The first-order valence-electron chi connectivity index (χ1n) is 6.76. The Labute approximate surface area is 133 Å². The molecule has 22 heavy (non-hydrogen) atoms. The fourth-order valence-electron chi connectivity index (χ4n) is 1.89. The van der Waals surface area contributed by atoms with Crippen LogP contribution in [0.25, 0.3) is 0 Å². The highest BCUT2D eigenvalue weighted by molar-refractivity contribution is 7.88. The van der Waals surface area contributed by atoms with Crippen molar-refractivity contribution >= 4 is 27.3 Å². The Bertz CT molecular complexity index is 720. The molecule has 2 heterocycles. The van der Waals surface area contributed by atoms with Crippen LogP contribution in [0.3, 0.4) is 0 Å². The number of thiophene rings is 1. The molecule has 2 aromatic rings. The minimum absolute atomic E-state index is 0.0221. The van der Waals surface area contributed by atoms with Crippen LogP contribution < -0.4 is 10.0 Å². The van der Waals surface area contributed by atoms with Gasteiger partial charge in [0.25, 0.3) is 5.91 Å². The Morgan fingerprint density at radius 1 is 1.36 bits per heavy atom. The average Bonchev–Trinajstić information content (AvgIpc) is 3.12. The largest absolute Gasteiger partial charge is 0.455 e. The van der Waals surface area contributed by atoms with Crippen molar-refractivity contribution in [1.29, 1.82) is 0 Å². The number of nitrogens with one attached hydrogen (secondary N) is 2. The van der Waals surface area contributed by atoms with E-state index in [9.17, 15) is 13.2 Å². The summed E-state index contributed by atoms with van der Waals surface area (Å²) in [6, 6.07) is 6.98. The number of carbonyl (C=O) groups is 1. The Kier molecular flexibility index (Phi) is 5.38. The van der Waals surface area contributed by atoms with Gasteiger partial charge in [-0.05, 0) is 30.0 Å². The fourth-order valence-corrected chi connectivity index (χ4v) is 3.16. The van der Waals surface area contributed by atoms with Crippen LogP contribution in [0.4, 0.5) is 0 Å². The lowest BCUT2D eigenvalue weighted by atomic mass is 10.2. The van der Waals surface area contributed by atoms with E-state index in [-0.39, 0.29) is 24.3 Å². The van der Waals surface area contributed by atoms with Crippen LogP contribution in [0.15, 0.2) is 34.1 Å². The SMILES string of the molecule is CC[C@H](NC(=O)c1ccc(CNS(C)(=O)=O)o1)c1cccs1. The molecule has 120 valence electrons. The molecule has 2 rings (SSSR count). The van der Waals surface area contributed by atoms with Gasteiger partial charge >= 0.3 is 0 Å². The van der Waals surface area contributed by atoms with E-state index in [2.05, 4.69) is 10.0 Å². The summed E-state index contributed by atoms with van der Waals surface area (Å²) >= 11 is 1.59. The summed E-state index contributed by atoms with van der Waals surface area (Å²) in [5.74, 6) is 0.242. The second kappa shape index (κ2) is 7.08. The molecular weight excluding hydrogens is 324 g/mol. The molecule has 0 spiro atoms. The van der Waals surface area contributed by atoms with E-state index in [1.165, 1.54) is 6.07 Å². The molecule has 2 aromatic heterocycles. The van der Waals surface area contributed by atoms with Crippen molar-refractivity contribution in [2.24, 2.45) is 0 Å². The Hall–Kier alpha value is -1.64. The summed E-state index contributed by atoms with van der Waals surface area (Å²) in [4.78, 5) is 13.3. The standard InChI is InChI=1S/C14H18N2O4S2/c1-3-11(13-5-4-8-21-13)16-14(17)12-7-6-10(20-12)9-15-22(2,18)19/h4-8,11,15H,3,9H2,1-2H3,(H,16,17)/t11-/m0/s1. The first-order chi connectivity index (χ1) is 10.4. The van der Waals surface area contributed by atoms with Gasteiger partial charge in [0.1, 0.15) is 5.76 Å². The first-order valence-corrected chi connectivity index (χ1v) is 9.53. The maximum absolute atomic E-state index is 12.2. The molecule has 2 N–H and O–H groups in total. The van der Waals surface area contributed by atoms with Crippen molar-refractivity contribution < 1.29 is 17.6 Å². The van der Waals surface area contributed by atoms with Gasteiger partial charge in [0.05, 0.1) is 18.8 Å². The van der Waals surface area contributed by atoms with Crippen LogP contribution in [0.2, 0.25) is 0 Å². The molecule has 0 aliphatic rings. The number of sulfonamides is 1. The summed E-state index contributed by atoms with van der Waals surface area (Å²) in [5.41, 5.74) is 0. The molecule has 1 amide bonds. The second-order valence-corrected chi connectivity index (χ2v) is 7.62. The summed E-state index contributed by atoms with van der Waals surface area (Å²) in [7, 11) is -3.30. The Morgan fingerprint density at radius 3 is 2.73 bits per heavy atom. The summed E-state index contributed by atoms with van der Waals surface area (Å²) in [5, 5.41) is 4.87. The number of hydrogen-bond acceptors (Lipinski definition) is 5. The van der Waals surface area contributed by atoms with E-state index in [1.807, 2.05) is 24.4 Å². The first kappa shape index (κ1) is 16.7. The zero-order valence-corrected chi connectivity index (χ0v) is 14.0. The van der Waals surface area contributed by atoms with Crippen molar-refractivity contribution in [2.75, 3.05) is 6.26 Å². The molecule has 0 aromatic carbocycles. The number of carbonyl (C=O) groups excluding carboxylic acids is 1. The molecule has 0 bridgehead atoms. The molecule has 0 saturated carbocycles. The van der Waals surface area contributed by atoms with Gasteiger partial charge in [-0.1, -0.05) is 13.0 Å². The highest BCUT2D eigenvalue weighted by Crippen LogP contribution is 2.22. The van der Waals surface area contributed by atoms with Gasteiger partial charge in [0.2, 0.25) is 10.0 Å². The minimum atomic E-state index is -3.30. The Balaban J connectivity index is 1.99. The van der Waals surface area contributed by atoms with Gasteiger partial charge in [-0.25, -0.2) is 13.1 Å². The highest BCUT2D eigenvalue weighted by Gasteiger charge is 2.17. The lowest BCUT2D eigenvalue weighted by Gasteiger charge is -2.14. The fraction of sp³-hybridized carbons (Fsp3) is 0.357. The lowest BCUT2D eigenvalue weighted by Crippen LogP contribution is -2.27. The highest BCUT2D eigenvalue weighted by atomic mass is 32.2. The van der Waals surface area contributed by atoms with Crippen molar-refractivity contribution in [3.8, 4) is 0 Å². The molecule has 8 heteroatoms. The van der Waals surface area contributed by atoms with Crippen molar-refractivity contribution in [3.05, 3.63) is 46.0 Å². The quantitative estimate of drug-likeness (QED) is 0.808. The molecule has 0 aliphatic heterocycles. The van der Waals surface area contributed by atoms with Crippen molar-refractivity contribution in [2.45, 2.75) is 25.9 Å². The summed E-state index contributed by atoms with van der Waals surface area (Å²) in [6.45, 7) is 2.02. The van der Waals surface area contributed by atoms with Crippen LogP contribution in [-0.4, -0.2) is 20.6 Å². The van der Waals surface area contributed by atoms with Gasteiger partial charge < -0.3 is 9.73 Å². The minimum Gasteiger partial charge on any atom is -0.455 e. The number of furan rings is 1. The van der Waals surface area contributed by atoms with Crippen molar-refractivity contribution in [1.82, 2.24) is 10.0 Å².